The molecule has 0 aliphatic carbocycles. The summed E-state index contributed by atoms with van der Waals surface area (Å²) in [5.74, 6) is 1.76. The second kappa shape index (κ2) is 11.4. The van der Waals surface area contributed by atoms with Crippen molar-refractivity contribution < 1.29 is 4.42 Å². The van der Waals surface area contributed by atoms with Gasteiger partial charge in [0.05, 0.1) is 16.6 Å². The van der Waals surface area contributed by atoms with Crippen molar-refractivity contribution in [2.45, 2.75) is 0 Å². The lowest BCUT2D eigenvalue weighted by Gasteiger charge is -2.12. The number of benzene rings is 7. The fourth-order valence-corrected chi connectivity index (χ4v) is 7.11. The van der Waals surface area contributed by atoms with Crippen LogP contribution in [0.5, 0.6) is 0 Å². The quantitative estimate of drug-likeness (QED) is 0.188. The van der Waals surface area contributed by atoms with Crippen LogP contribution in [0.4, 0.5) is 0 Å². The van der Waals surface area contributed by atoms with Crippen LogP contribution in [0, 0.1) is 0 Å². The van der Waals surface area contributed by atoms with Crippen LogP contribution >= 0.6 is 0 Å². The minimum atomic E-state index is 0.563. The molecule has 3 heterocycles. The number of hydrogen-bond acceptors (Lipinski definition) is 4. The fourth-order valence-electron chi connectivity index (χ4n) is 7.11. The van der Waals surface area contributed by atoms with Crippen LogP contribution in [-0.2, 0) is 0 Å². The van der Waals surface area contributed by atoms with E-state index in [2.05, 4.69) is 114 Å². The molecule has 0 N–H and O–H groups in total. The van der Waals surface area contributed by atoms with Crippen molar-refractivity contribution in [2.24, 2.45) is 0 Å². The zero-order valence-corrected chi connectivity index (χ0v) is 26.9. The molecule has 0 saturated heterocycles. The van der Waals surface area contributed by atoms with Crippen LogP contribution in [-0.4, -0.2) is 19.5 Å². The Hall–Kier alpha value is -6.85. The summed E-state index contributed by atoms with van der Waals surface area (Å²) in [7, 11) is 0. The Bertz CT molecular complexity index is 2870. The molecular formula is C45H28N4O. The van der Waals surface area contributed by atoms with Gasteiger partial charge in [-0.05, 0) is 47.5 Å². The Labute approximate surface area is 287 Å². The van der Waals surface area contributed by atoms with Gasteiger partial charge in [0, 0.05) is 38.4 Å². The number of fused-ring (bicyclic) bond motifs is 6. The van der Waals surface area contributed by atoms with Crippen molar-refractivity contribution in [2.75, 3.05) is 0 Å². The largest absolute Gasteiger partial charge is 0.455 e. The van der Waals surface area contributed by atoms with E-state index < -0.39 is 0 Å². The predicted molar refractivity (Wildman–Crippen MR) is 203 cm³/mol. The van der Waals surface area contributed by atoms with Crippen molar-refractivity contribution in [1.82, 2.24) is 19.5 Å². The van der Waals surface area contributed by atoms with Crippen LogP contribution in [0.2, 0.25) is 0 Å². The maximum atomic E-state index is 6.42. The molecule has 0 bridgehead atoms. The molecule has 50 heavy (non-hydrogen) atoms. The molecule has 10 aromatic rings. The smallest absolute Gasteiger partial charge is 0.167 e. The van der Waals surface area contributed by atoms with Crippen molar-refractivity contribution in [1.29, 1.82) is 0 Å². The first-order chi connectivity index (χ1) is 24.8. The minimum absolute atomic E-state index is 0.563. The van der Waals surface area contributed by atoms with Gasteiger partial charge in [-0.3, -0.25) is 0 Å². The molecule has 10 rings (SSSR count). The van der Waals surface area contributed by atoms with E-state index in [0.717, 1.165) is 55.3 Å². The van der Waals surface area contributed by atoms with Crippen LogP contribution in [0.15, 0.2) is 174 Å². The summed E-state index contributed by atoms with van der Waals surface area (Å²) in [5.41, 5.74) is 9.91. The van der Waals surface area contributed by atoms with Crippen LogP contribution in [0.25, 0.3) is 94.7 Å². The highest BCUT2D eigenvalue weighted by molar-refractivity contribution is 6.11. The molecule has 0 aliphatic heterocycles. The molecule has 0 spiro atoms. The van der Waals surface area contributed by atoms with E-state index in [9.17, 15) is 0 Å². The van der Waals surface area contributed by atoms with E-state index in [1.54, 1.807) is 0 Å². The molecule has 0 saturated carbocycles. The summed E-state index contributed by atoms with van der Waals surface area (Å²) in [6.07, 6.45) is 0. The molecule has 5 nitrogen and oxygen atoms in total. The maximum Gasteiger partial charge on any atom is 0.167 e. The van der Waals surface area contributed by atoms with Crippen LogP contribution in [0.1, 0.15) is 0 Å². The molecule has 0 amide bonds. The first-order valence-electron chi connectivity index (χ1n) is 16.7. The van der Waals surface area contributed by atoms with E-state index >= 15 is 0 Å². The van der Waals surface area contributed by atoms with Gasteiger partial charge in [-0.25, -0.2) is 15.0 Å². The van der Waals surface area contributed by atoms with Gasteiger partial charge in [-0.1, -0.05) is 133 Å². The van der Waals surface area contributed by atoms with Crippen molar-refractivity contribution >= 4 is 43.7 Å². The Balaban J connectivity index is 1.18. The monoisotopic (exact) mass is 640 g/mol. The third-order valence-corrected chi connectivity index (χ3v) is 9.46. The number of nitrogens with zero attached hydrogens (tertiary/aromatic N) is 4. The Kier molecular flexibility index (Phi) is 6.42. The van der Waals surface area contributed by atoms with E-state index in [-0.39, 0.29) is 0 Å². The molecule has 5 heteroatoms. The van der Waals surface area contributed by atoms with Gasteiger partial charge < -0.3 is 8.98 Å². The van der Waals surface area contributed by atoms with Crippen LogP contribution in [0.3, 0.4) is 0 Å². The van der Waals surface area contributed by atoms with Gasteiger partial charge in [0.2, 0.25) is 0 Å². The van der Waals surface area contributed by atoms with Crippen molar-refractivity contribution in [3.8, 4) is 51.0 Å². The lowest BCUT2D eigenvalue weighted by Crippen LogP contribution is -2.01. The fraction of sp³-hybridized carbons (Fsp3) is 0. The third-order valence-electron chi connectivity index (χ3n) is 9.46. The van der Waals surface area contributed by atoms with Gasteiger partial charge in [0.25, 0.3) is 0 Å². The number of aromatic nitrogens is 4. The number of furan rings is 1. The zero-order chi connectivity index (χ0) is 33.0. The molecule has 0 fully saturated rings. The molecule has 0 unspecified atom stereocenters. The highest BCUT2D eigenvalue weighted by Gasteiger charge is 2.19. The van der Waals surface area contributed by atoms with E-state index in [1.165, 1.54) is 21.9 Å². The summed E-state index contributed by atoms with van der Waals surface area (Å²) in [4.78, 5) is 15.2. The van der Waals surface area contributed by atoms with Gasteiger partial charge >= 0.3 is 0 Å². The zero-order valence-electron chi connectivity index (χ0n) is 26.9. The van der Waals surface area contributed by atoms with Gasteiger partial charge in [0.15, 0.2) is 17.5 Å². The lowest BCUT2D eigenvalue weighted by atomic mass is 10.0. The van der Waals surface area contributed by atoms with Gasteiger partial charge in [-0.15, -0.1) is 0 Å². The number of hydrogen-bond donors (Lipinski definition) is 0. The Morgan fingerprint density at radius 2 is 1.00 bits per heavy atom. The van der Waals surface area contributed by atoms with E-state index in [4.69, 9.17) is 19.4 Å². The first-order valence-corrected chi connectivity index (χ1v) is 16.7. The first kappa shape index (κ1) is 28.2. The van der Waals surface area contributed by atoms with E-state index in [1.807, 2.05) is 60.7 Å². The maximum absolute atomic E-state index is 6.42. The molecular weight excluding hydrogens is 613 g/mol. The summed E-state index contributed by atoms with van der Waals surface area (Å²) in [5, 5.41) is 4.51. The Morgan fingerprint density at radius 3 is 1.84 bits per heavy atom. The summed E-state index contributed by atoms with van der Waals surface area (Å²) < 4.78 is 8.76. The van der Waals surface area contributed by atoms with Crippen LogP contribution < -0.4 is 0 Å². The summed E-state index contributed by atoms with van der Waals surface area (Å²) >= 11 is 0. The topological polar surface area (TPSA) is 56.7 Å². The van der Waals surface area contributed by atoms with E-state index in [0.29, 0.717) is 17.5 Å². The third kappa shape index (κ3) is 4.60. The molecule has 3 aromatic heterocycles. The highest BCUT2D eigenvalue weighted by atomic mass is 16.3. The average Bonchev–Trinajstić information content (AvgIpc) is 3.74. The molecule has 0 aliphatic rings. The van der Waals surface area contributed by atoms with Gasteiger partial charge in [-0.2, -0.15) is 0 Å². The average molecular weight is 641 g/mol. The van der Waals surface area contributed by atoms with Crippen molar-refractivity contribution in [3.05, 3.63) is 170 Å². The number of rotatable bonds is 5. The second-order valence-electron chi connectivity index (χ2n) is 12.5. The molecule has 234 valence electrons. The van der Waals surface area contributed by atoms with Gasteiger partial charge in [0.1, 0.15) is 11.2 Å². The Morgan fingerprint density at radius 1 is 0.380 bits per heavy atom. The normalized spacial score (nSPS) is 11.6. The molecule has 0 radical (unpaired) electrons. The second-order valence-corrected chi connectivity index (χ2v) is 12.5. The molecule has 0 atom stereocenters. The SMILES string of the molecule is c1ccc(-c2ccc3c4ccccc4n(-c4cccc(-c5nc(-c6ccccc6)nc(-c6cccc7c6oc6ccccc67)n5)c4)c3c2)cc1. The number of para-hydroxylation sites is 3. The lowest BCUT2D eigenvalue weighted by molar-refractivity contribution is 0.669. The predicted octanol–water partition coefficient (Wildman–Crippen LogP) is 11.5. The summed E-state index contributed by atoms with van der Waals surface area (Å²) in [6, 6.07) is 58.7. The molecule has 7 aromatic carbocycles. The minimum Gasteiger partial charge on any atom is -0.455 e. The highest BCUT2D eigenvalue weighted by Crippen LogP contribution is 2.38. The van der Waals surface area contributed by atoms with Crippen molar-refractivity contribution in [3.63, 3.8) is 0 Å². The summed E-state index contributed by atoms with van der Waals surface area (Å²) in [6.45, 7) is 0. The standard InChI is InChI=1S/C45H28N4O/c1-3-13-29(14-4-1)31-25-26-35-34-19-7-9-23-39(34)49(40(35)28-31)33-18-11-17-32(27-33)44-46-43(30-15-5-2-6-16-30)47-45(48-44)38-22-12-21-37-36-20-8-10-24-41(36)50-42(37)38/h1-28H.